The van der Waals surface area contributed by atoms with Gasteiger partial charge in [-0.1, -0.05) is 19.3 Å². The molecule has 18 heavy (non-hydrogen) atoms. The Labute approximate surface area is 117 Å². The molecule has 0 radical (unpaired) electrons. The molecule has 0 saturated heterocycles. The van der Waals surface area contributed by atoms with E-state index in [1.54, 1.807) is 11.8 Å². The summed E-state index contributed by atoms with van der Waals surface area (Å²) in [5.41, 5.74) is 0.334. The molecule has 7 heteroatoms. The molecule has 1 fully saturated rings. The van der Waals surface area contributed by atoms with Crippen molar-refractivity contribution in [3.8, 4) is 6.07 Å². The summed E-state index contributed by atoms with van der Waals surface area (Å²) in [5.74, 6) is -2.52. The Morgan fingerprint density at radius 3 is 2.67 bits per heavy atom. The first-order valence-electron chi connectivity index (χ1n) is 5.72. The fraction of sp³-hybridized carbons (Fsp3) is 0.636. The number of rotatable bonds is 4. The van der Waals surface area contributed by atoms with Crippen LogP contribution in [0.25, 0.3) is 0 Å². The molecule has 0 atom stereocenters. The van der Waals surface area contributed by atoms with Crippen molar-refractivity contribution in [3.05, 3.63) is 5.56 Å². The predicted octanol–water partition coefficient (Wildman–Crippen LogP) is 4.75. The summed E-state index contributed by atoms with van der Waals surface area (Å²) in [6.45, 7) is 0. The average Bonchev–Trinajstić information content (AvgIpc) is 2.72. The van der Waals surface area contributed by atoms with Crippen LogP contribution in [0.3, 0.4) is 0 Å². The molecule has 1 aromatic heterocycles. The van der Waals surface area contributed by atoms with Crippen LogP contribution in [-0.2, 0) is 0 Å². The van der Waals surface area contributed by atoms with Crippen molar-refractivity contribution in [2.45, 2.75) is 52.3 Å². The van der Waals surface area contributed by atoms with E-state index in [2.05, 4.69) is 4.37 Å². The van der Waals surface area contributed by atoms with Crippen LogP contribution in [0.5, 0.6) is 0 Å². The van der Waals surface area contributed by atoms with E-state index in [1.807, 2.05) is 6.07 Å². The Hall–Kier alpha value is -0.320. The van der Waals surface area contributed by atoms with Crippen LogP contribution in [0.4, 0.5) is 8.78 Å². The molecule has 0 amide bonds. The van der Waals surface area contributed by atoms with Gasteiger partial charge in [0.2, 0.25) is 0 Å². The van der Waals surface area contributed by atoms with Gasteiger partial charge in [-0.05, 0) is 36.1 Å². The highest BCUT2D eigenvalue weighted by molar-refractivity contribution is 8.02. The molecule has 2 rings (SSSR count). The van der Waals surface area contributed by atoms with Gasteiger partial charge in [-0.2, -0.15) is 18.4 Å². The quantitative estimate of drug-likeness (QED) is 0.752. The first-order chi connectivity index (χ1) is 8.70. The van der Waals surface area contributed by atoms with Gasteiger partial charge in [0.25, 0.3) is 5.76 Å². The fourth-order valence-electron chi connectivity index (χ4n) is 1.93. The number of alkyl halides is 2. The Bertz CT molecular complexity index is 436. The molecular weight excluding hydrogens is 294 g/mol. The van der Waals surface area contributed by atoms with E-state index in [0.717, 1.165) is 17.1 Å². The second-order valence-corrected chi connectivity index (χ2v) is 7.34. The third kappa shape index (κ3) is 3.59. The molecule has 1 saturated carbocycles. The van der Waals surface area contributed by atoms with Crippen molar-refractivity contribution >= 4 is 35.1 Å². The van der Waals surface area contributed by atoms with Crippen LogP contribution in [-0.4, -0.2) is 15.4 Å². The van der Waals surface area contributed by atoms with Crippen molar-refractivity contribution < 1.29 is 8.78 Å². The molecule has 0 unspecified atom stereocenters. The molecule has 0 aromatic carbocycles. The van der Waals surface area contributed by atoms with Crippen LogP contribution < -0.4 is 0 Å². The lowest BCUT2D eigenvalue weighted by molar-refractivity contribution is 0.252. The Morgan fingerprint density at radius 2 is 2.06 bits per heavy atom. The normalized spacial score (nSPS) is 17.0. The Kier molecular flexibility index (Phi) is 5.27. The standard InChI is InChI=1S/C11H12F2N2S3/c12-11(13)17-9-8(6-14)10(18-15-9)16-7-4-2-1-3-5-7/h7,11H,1-5H2. The summed E-state index contributed by atoms with van der Waals surface area (Å²) in [7, 11) is 0. The number of halogens is 2. The lowest BCUT2D eigenvalue weighted by Crippen LogP contribution is -2.07. The zero-order valence-electron chi connectivity index (χ0n) is 9.57. The Morgan fingerprint density at radius 1 is 1.33 bits per heavy atom. The minimum Gasteiger partial charge on any atom is -0.198 e. The maximum atomic E-state index is 12.3. The SMILES string of the molecule is N#Cc1c(SC(F)F)nsc1SC1CCCCC1. The van der Waals surface area contributed by atoms with Crippen LogP contribution in [0.2, 0.25) is 0 Å². The van der Waals surface area contributed by atoms with Gasteiger partial charge < -0.3 is 0 Å². The number of hydrogen-bond donors (Lipinski definition) is 0. The molecule has 0 N–H and O–H groups in total. The van der Waals surface area contributed by atoms with Gasteiger partial charge in [-0.15, -0.1) is 11.8 Å². The minimum absolute atomic E-state index is 0.177. The van der Waals surface area contributed by atoms with Crippen LogP contribution in [0, 0.1) is 11.3 Å². The molecule has 1 aromatic rings. The van der Waals surface area contributed by atoms with Crippen molar-refractivity contribution in [3.63, 3.8) is 0 Å². The zero-order valence-corrected chi connectivity index (χ0v) is 12.0. The lowest BCUT2D eigenvalue weighted by atomic mass is 10.0. The van der Waals surface area contributed by atoms with E-state index in [9.17, 15) is 8.78 Å². The van der Waals surface area contributed by atoms with E-state index in [4.69, 9.17) is 5.26 Å². The molecule has 1 aliphatic rings. The molecule has 2 nitrogen and oxygen atoms in total. The van der Waals surface area contributed by atoms with Gasteiger partial charge >= 0.3 is 0 Å². The second-order valence-electron chi connectivity index (χ2n) is 4.02. The van der Waals surface area contributed by atoms with E-state index in [1.165, 1.54) is 30.8 Å². The molecule has 1 heterocycles. The second kappa shape index (κ2) is 6.73. The van der Waals surface area contributed by atoms with Crippen molar-refractivity contribution in [1.29, 1.82) is 5.26 Å². The Balaban J connectivity index is 2.08. The maximum absolute atomic E-state index is 12.3. The number of aromatic nitrogens is 1. The number of thioether (sulfide) groups is 2. The molecule has 0 aliphatic heterocycles. The summed E-state index contributed by atoms with van der Waals surface area (Å²) < 4.78 is 29.4. The summed E-state index contributed by atoms with van der Waals surface area (Å²) in [6.07, 6.45) is 6.00. The van der Waals surface area contributed by atoms with E-state index < -0.39 is 5.76 Å². The smallest absolute Gasteiger partial charge is 0.198 e. The molecule has 0 bridgehead atoms. The van der Waals surface area contributed by atoms with Gasteiger partial charge in [0.05, 0.1) is 4.21 Å². The summed E-state index contributed by atoms with van der Waals surface area (Å²) >= 11 is 3.17. The molecule has 1 aliphatic carbocycles. The highest BCUT2D eigenvalue weighted by atomic mass is 32.2. The van der Waals surface area contributed by atoms with E-state index >= 15 is 0 Å². The zero-order chi connectivity index (χ0) is 13.0. The fourth-order valence-corrected chi connectivity index (χ4v) is 5.10. The lowest BCUT2D eigenvalue weighted by Gasteiger charge is -2.19. The van der Waals surface area contributed by atoms with E-state index in [-0.39, 0.29) is 5.03 Å². The summed E-state index contributed by atoms with van der Waals surface area (Å²) in [4.78, 5) is 0. The first-order valence-corrected chi connectivity index (χ1v) is 8.25. The number of nitriles is 1. The molecular formula is C11H12F2N2S3. The number of nitrogens with zero attached hydrogens (tertiary/aromatic N) is 2. The van der Waals surface area contributed by atoms with Crippen LogP contribution in [0.15, 0.2) is 9.24 Å². The average molecular weight is 306 g/mol. The molecule has 0 spiro atoms. The third-order valence-electron chi connectivity index (χ3n) is 2.77. The maximum Gasteiger partial charge on any atom is 0.290 e. The predicted molar refractivity (Wildman–Crippen MR) is 71.4 cm³/mol. The van der Waals surface area contributed by atoms with Gasteiger partial charge in [-0.25, -0.2) is 0 Å². The van der Waals surface area contributed by atoms with Gasteiger partial charge in [-0.3, -0.25) is 0 Å². The van der Waals surface area contributed by atoms with Crippen LogP contribution in [0.1, 0.15) is 37.7 Å². The first kappa shape index (κ1) is 14.1. The number of hydrogen-bond acceptors (Lipinski definition) is 5. The largest absolute Gasteiger partial charge is 0.290 e. The van der Waals surface area contributed by atoms with Crippen molar-refractivity contribution in [2.24, 2.45) is 0 Å². The third-order valence-corrected chi connectivity index (χ3v) is 5.96. The monoisotopic (exact) mass is 306 g/mol. The van der Waals surface area contributed by atoms with Gasteiger partial charge in [0, 0.05) is 5.25 Å². The van der Waals surface area contributed by atoms with Crippen molar-refractivity contribution in [2.75, 3.05) is 0 Å². The van der Waals surface area contributed by atoms with Gasteiger partial charge in [0.15, 0.2) is 0 Å². The highest BCUT2D eigenvalue weighted by Crippen LogP contribution is 2.41. The van der Waals surface area contributed by atoms with E-state index in [0.29, 0.717) is 22.6 Å². The van der Waals surface area contributed by atoms with Crippen LogP contribution >= 0.6 is 35.1 Å². The van der Waals surface area contributed by atoms with Gasteiger partial charge in [0.1, 0.15) is 16.7 Å². The van der Waals surface area contributed by atoms with Crippen molar-refractivity contribution in [1.82, 2.24) is 4.37 Å². The summed E-state index contributed by atoms with van der Waals surface area (Å²) in [6, 6.07) is 2.01. The highest BCUT2D eigenvalue weighted by Gasteiger charge is 2.22. The topological polar surface area (TPSA) is 36.7 Å². The minimum atomic E-state index is -2.52. The molecule has 98 valence electrons. The summed E-state index contributed by atoms with van der Waals surface area (Å²) in [5, 5.41) is 9.76.